The monoisotopic (exact) mass is 273 g/mol. The van der Waals surface area contributed by atoms with Gasteiger partial charge in [-0.2, -0.15) is 0 Å². The van der Waals surface area contributed by atoms with Gasteiger partial charge in [0.05, 0.1) is 17.1 Å². The van der Waals surface area contributed by atoms with Crippen molar-refractivity contribution in [3.05, 3.63) is 76.1 Å². The second-order valence-corrected chi connectivity index (χ2v) is 4.03. The summed E-state index contributed by atoms with van der Waals surface area (Å²) in [5.74, 6) is -0.560. The van der Waals surface area contributed by atoms with E-state index in [1.54, 1.807) is 6.08 Å². The van der Waals surface area contributed by atoms with Gasteiger partial charge in [0.15, 0.2) is 0 Å². The van der Waals surface area contributed by atoms with E-state index >= 15 is 0 Å². The van der Waals surface area contributed by atoms with Gasteiger partial charge in [-0.05, 0) is 11.6 Å². The van der Waals surface area contributed by atoms with E-state index in [0.717, 1.165) is 17.7 Å². The third kappa shape index (κ3) is 3.91. The Morgan fingerprint density at radius 3 is 2.65 bits per heavy atom. The molecule has 0 amide bonds. The summed E-state index contributed by atoms with van der Waals surface area (Å²) in [6, 6.07) is 12.8. The van der Waals surface area contributed by atoms with E-state index in [-0.39, 0.29) is 18.0 Å². The van der Waals surface area contributed by atoms with Crippen molar-refractivity contribution >= 4 is 11.8 Å². The standard InChI is InChI=1S/C15H12FNO3/c16-13-9-14(17(18)19)11-15(10-13)20-8-4-7-12-5-2-1-3-6-12/h1-7,9-11H,8H2/b7-4+. The van der Waals surface area contributed by atoms with Gasteiger partial charge in [0.2, 0.25) is 0 Å². The molecule has 0 aliphatic heterocycles. The van der Waals surface area contributed by atoms with E-state index in [1.807, 2.05) is 36.4 Å². The topological polar surface area (TPSA) is 52.4 Å². The minimum atomic E-state index is -0.693. The zero-order valence-corrected chi connectivity index (χ0v) is 10.5. The number of benzene rings is 2. The van der Waals surface area contributed by atoms with Gasteiger partial charge < -0.3 is 4.74 Å². The Kier molecular flexibility index (Phi) is 4.44. The quantitative estimate of drug-likeness (QED) is 0.614. The van der Waals surface area contributed by atoms with E-state index in [4.69, 9.17) is 4.74 Å². The average Bonchev–Trinajstić information content (AvgIpc) is 2.44. The molecule has 0 atom stereocenters. The molecule has 0 saturated carbocycles. The molecule has 20 heavy (non-hydrogen) atoms. The van der Waals surface area contributed by atoms with Gasteiger partial charge in [-0.3, -0.25) is 10.1 Å². The molecular formula is C15H12FNO3. The van der Waals surface area contributed by atoms with Crippen LogP contribution in [-0.2, 0) is 0 Å². The zero-order chi connectivity index (χ0) is 14.4. The molecule has 0 bridgehead atoms. The number of halogens is 1. The van der Waals surface area contributed by atoms with Crippen LogP contribution >= 0.6 is 0 Å². The van der Waals surface area contributed by atoms with E-state index < -0.39 is 10.7 Å². The van der Waals surface area contributed by atoms with Crippen LogP contribution < -0.4 is 4.74 Å². The molecule has 0 heterocycles. The first-order valence-electron chi connectivity index (χ1n) is 5.94. The fraction of sp³-hybridized carbons (Fsp3) is 0.0667. The van der Waals surface area contributed by atoms with Crippen molar-refractivity contribution in [3.63, 3.8) is 0 Å². The Labute approximate surface area is 115 Å². The van der Waals surface area contributed by atoms with Crippen LogP contribution in [0.25, 0.3) is 6.08 Å². The van der Waals surface area contributed by atoms with Gasteiger partial charge in [-0.25, -0.2) is 4.39 Å². The van der Waals surface area contributed by atoms with Crippen molar-refractivity contribution in [3.8, 4) is 5.75 Å². The summed E-state index contributed by atoms with van der Waals surface area (Å²) in [7, 11) is 0. The SMILES string of the molecule is O=[N+]([O-])c1cc(F)cc(OC/C=C/c2ccccc2)c1. The van der Waals surface area contributed by atoms with E-state index in [0.29, 0.717) is 0 Å². The maximum atomic E-state index is 13.2. The molecule has 0 fully saturated rings. The second-order valence-electron chi connectivity index (χ2n) is 4.03. The highest BCUT2D eigenvalue weighted by Gasteiger charge is 2.10. The highest BCUT2D eigenvalue weighted by atomic mass is 19.1. The smallest absolute Gasteiger partial charge is 0.276 e. The van der Waals surface area contributed by atoms with Gasteiger partial charge >= 0.3 is 0 Å². The Morgan fingerprint density at radius 2 is 1.95 bits per heavy atom. The summed E-state index contributed by atoms with van der Waals surface area (Å²) < 4.78 is 18.4. The normalized spacial score (nSPS) is 10.7. The summed E-state index contributed by atoms with van der Waals surface area (Å²) in [6.07, 6.45) is 3.61. The third-order valence-corrected chi connectivity index (χ3v) is 2.52. The summed E-state index contributed by atoms with van der Waals surface area (Å²) in [5, 5.41) is 10.6. The van der Waals surface area contributed by atoms with Gasteiger partial charge in [0.1, 0.15) is 18.2 Å². The maximum absolute atomic E-state index is 13.2. The molecule has 5 heteroatoms. The van der Waals surface area contributed by atoms with Crippen LogP contribution in [-0.4, -0.2) is 11.5 Å². The molecule has 0 aliphatic rings. The Bertz CT molecular complexity index is 626. The summed E-state index contributed by atoms with van der Waals surface area (Å²) >= 11 is 0. The lowest BCUT2D eigenvalue weighted by atomic mass is 10.2. The van der Waals surface area contributed by atoms with Crippen molar-refractivity contribution < 1.29 is 14.1 Å². The molecule has 0 radical (unpaired) electrons. The molecule has 4 nitrogen and oxygen atoms in total. The number of hydrogen-bond donors (Lipinski definition) is 0. The van der Waals surface area contributed by atoms with E-state index in [2.05, 4.69) is 0 Å². The van der Waals surface area contributed by atoms with Gasteiger partial charge in [0, 0.05) is 6.07 Å². The van der Waals surface area contributed by atoms with Crippen LogP contribution in [0.4, 0.5) is 10.1 Å². The first-order valence-corrected chi connectivity index (χ1v) is 5.94. The molecule has 2 aromatic rings. The lowest BCUT2D eigenvalue weighted by Gasteiger charge is -2.03. The molecule has 0 N–H and O–H groups in total. The summed E-state index contributed by atoms with van der Waals surface area (Å²) in [6.45, 7) is 0.204. The highest BCUT2D eigenvalue weighted by molar-refractivity contribution is 5.48. The zero-order valence-electron chi connectivity index (χ0n) is 10.5. The van der Waals surface area contributed by atoms with Crippen LogP contribution in [0.3, 0.4) is 0 Å². The number of ether oxygens (including phenoxy) is 1. The fourth-order valence-corrected chi connectivity index (χ4v) is 1.63. The molecule has 0 spiro atoms. The number of nitro benzene ring substituents is 1. The van der Waals surface area contributed by atoms with Gasteiger partial charge in [-0.1, -0.05) is 36.4 Å². The minimum Gasteiger partial charge on any atom is -0.489 e. The van der Waals surface area contributed by atoms with Crippen molar-refractivity contribution in [2.24, 2.45) is 0 Å². The molecule has 0 unspecified atom stereocenters. The van der Waals surface area contributed by atoms with Crippen LogP contribution in [0.5, 0.6) is 5.75 Å². The van der Waals surface area contributed by atoms with Gasteiger partial charge in [-0.15, -0.1) is 0 Å². The summed E-state index contributed by atoms with van der Waals surface area (Å²) in [4.78, 5) is 9.93. The first kappa shape index (κ1) is 13.7. The predicted octanol–water partition coefficient (Wildman–Crippen LogP) is 3.83. The number of non-ortho nitro benzene ring substituents is 1. The lowest BCUT2D eigenvalue weighted by Crippen LogP contribution is -1.96. The predicted molar refractivity (Wildman–Crippen MR) is 74.0 cm³/mol. The van der Waals surface area contributed by atoms with Crippen molar-refractivity contribution in [1.82, 2.24) is 0 Å². The highest BCUT2D eigenvalue weighted by Crippen LogP contribution is 2.21. The first-order chi connectivity index (χ1) is 9.65. The van der Waals surface area contributed by atoms with Crippen LogP contribution in [0, 0.1) is 15.9 Å². The van der Waals surface area contributed by atoms with Crippen molar-refractivity contribution in [2.75, 3.05) is 6.61 Å². The average molecular weight is 273 g/mol. The Balaban J connectivity index is 1.97. The van der Waals surface area contributed by atoms with Crippen molar-refractivity contribution in [1.29, 1.82) is 0 Å². The van der Waals surface area contributed by atoms with E-state index in [9.17, 15) is 14.5 Å². The summed E-state index contributed by atoms with van der Waals surface area (Å²) in [5.41, 5.74) is 0.688. The van der Waals surface area contributed by atoms with Crippen LogP contribution in [0.2, 0.25) is 0 Å². The Morgan fingerprint density at radius 1 is 1.20 bits per heavy atom. The molecule has 102 valence electrons. The molecule has 0 saturated heterocycles. The second kappa shape index (κ2) is 6.47. The van der Waals surface area contributed by atoms with Gasteiger partial charge in [0.25, 0.3) is 5.69 Å². The van der Waals surface area contributed by atoms with Crippen LogP contribution in [0.1, 0.15) is 5.56 Å². The van der Waals surface area contributed by atoms with E-state index in [1.165, 1.54) is 6.07 Å². The van der Waals surface area contributed by atoms with Crippen molar-refractivity contribution in [2.45, 2.75) is 0 Å². The lowest BCUT2D eigenvalue weighted by molar-refractivity contribution is -0.385. The molecule has 0 aromatic heterocycles. The largest absolute Gasteiger partial charge is 0.489 e. The number of hydrogen-bond acceptors (Lipinski definition) is 3. The number of rotatable bonds is 5. The molecule has 2 aromatic carbocycles. The third-order valence-electron chi connectivity index (χ3n) is 2.52. The molecule has 0 aliphatic carbocycles. The number of nitro groups is 1. The molecule has 2 rings (SSSR count). The minimum absolute atomic E-state index is 0.134. The number of nitrogens with zero attached hydrogens (tertiary/aromatic N) is 1. The Hall–Kier alpha value is -2.69. The maximum Gasteiger partial charge on any atom is 0.276 e. The molecular weight excluding hydrogens is 261 g/mol. The van der Waals surface area contributed by atoms with Crippen LogP contribution in [0.15, 0.2) is 54.6 Å². The fourth-order valence-electron chi connectivity index (χ4n) is 1.63.